The normalized spacial score (nSPS) is 15.5. The third-order valence-electron chi connectivity index (χ3n) is 4.48. The molecule has 0 atom stereocenters. The summed E-state index contributed by atoms with van der Waals surface area (Å²) in [5.74, 6) is 1.91. The highest BCUT2D eigenvalue weighted by Crippen LogP contribution is 2.17. The lowest BCUT2D eigenvalue weighted by Gasteiger charge is -2.25. The van der Waals surface area contributed by atoms with Crippen molar-refractivity contribution in [2.75, 3.05) is 13.1 Å². The quantitative estimate of drug-likeness (QED) is 0.267. The van der Waals surface area contributed by atoms with Crippen molar-refractivity contribution in [3.05, 3.63) is 36.5 Å². The van der Waals surface area contributed by atoms with Gasteiger partial charge in [-0.2, -0.15) is 0 Å². The zero-order valence-corrected chi connectivity index (χ0v) is 17.5. The van der Waals surface area contributed by atoms with E-state index in [-0.39, 0.29) is 24.0 Å². The summed E-state index contributed by atoms with van der Waals surface area (Å²) >= 11 is 0. The maximum absolute atomic E-state index is 5.39. The van der Waals surface area contributed by atoms with Crippen molar-refractivity contribution in [1.82, 2.24) is 25.6 Å². The molecular formula is C18H29IN6O. The van der Waals surface area contributed by atoms with Crippen molar-refractivity contribution >= 4 is 29.9 Å². The molecule has 3 rings (SSSR count). The number of nitrogens with one attached hydrogen (secondary N) is 2. The van der Waals surface area contributed by atoms with Gasteiger partial charge < -0.3 is 15.1 Å². The van der Waals surface area contributed by atoms with Crippen LogP contribution in [0.3, 0.4) is 0 Å². The van der Waals surface area contributed by atoms with Crippen molar-refractivity contribution in [3.63, 3.8) is 0 Å². The molecule has 2 heterocycles. The van der Waals surface area contributed by atoms with Gasteiger partial charge in [0.25, 0.3) is 0 Å². The van der Waals surface area contributed by atoms with Gasteiger partial charge in [0.15, 0.2) is 5.96 Å². The van der Waals surface area contributed by atoms with E-state index in [4.69, 9.17) is 9.41 Å². The number of furan rings is 1. The van der Waals surface area contributed by atoms with Crippen LogP contribution < -0.4 is 10.6 Å². The number of hydrogen-bond donors (Lipinski definition) is 2. The molecule has 1 aliphatic rings. The highest BCUT2D eigenvalue weighted by Gasteiger charge is 2.14. The van der Waals surface area contributed by atoms with Crippen molar-refractivity contribution < 1.29 is 4.42 Å². The van der Waals surface area contributed by atoms with Gasteiger partial charge in [0.05, 0.1) is 12.5 Å². The SMILES string of the molecule is I.c1coc(CCNC(=NCCCn2ccnn2)NC2CCCCC2)c1. The van der Waals surface area contributed by atoms with E-state index < -0.39 is 0 Å². The van der Waals surface area contributed by atoms with Crippen LogP contribution in [0.2, 0.25) is 0 Å². The molecule has 7 nitrogen and oxygen atoms in total. The average molecular weight is 472 g/mol. The van der Waals surface area contributed by atoms with Gasteiger partial charge in [-0.1, -0.05) is 24.5 Å². The zero-order valence-electron chi connectivity index (χ0n) is 15.1. The van der Waals surface area contributed by atoms with Gasteiger partial charge in [0.2, 0.25) is 0 Å². The van der Waals surface area contributed by atoms with Crippen LogP contribution >= 0.6 is 24.0 Å². The summed E-state index contributed by atoms with van der Waals surface area (Å²) in [6.07, 6.45) is 13.5. The predicted octanol–water partition coefficient (Wildman–Crippen LogP) is 2.99. The summed E-state index contributed by atoms with van der Waals surface area (Å²) in [6, 6.07) is 4.47. The van der Waals surface area contributed by atoms with Crippen LogP contribution in [0.15, 0.2) is 40.2 Å². The summed E-state index contributed by atoms with van der Waals surface area (Å²) in [4.78, 5) is 4.74. The Kier molecular flexibility index (Phi) is 9.51. The summed E-state index contributed by atoms with van der Waals surface area (Å²) in [6.45, 7) is 2.42. The van der Waals surface area contributed by atoms with Crippen LogP contribution in [0.1, 0.15) is 44.3 Å². The number of guanidine groups is 1. The van der Waals surface area contributed by atoms with Gasteiger partial charge in [0, 0.05) is 38.3 Å². The molecule has 0 spiro atoms. The van der Waals surface area contributed by atoms with Crippen LogP contribution in [0.5, 0.6) is 0 Å². The minimum Gasteiger partial charge on any atom is -0.469 e. The third-order valence-corrected chi connectivity index (χ3v) is 4.48. The van der Waals surface area contributed by atoms with E-state index >= 15 is 0 Å². The van der Waals surface area contributed by atoms with Gasteiger partial charge >= 0.3 is 0 Å². The fourth-order valence-corrected chi connectivity index (χ4v) is 3.13. The maximum atomic E-state index is 5.39. The molecule has 1 fully saturated rings. The van der Waals surface area contributed by atoms with Gasteiger partial charge in [-0.15, -0.1) is 29.1 Å². The smallest absolute Gasteiger partial charge is 0.191 e. The molecule has 0 amide bonds. The Hall–Kier alpha value is -1.58. The van der Waals surface area contributed by atoms with Gasteiger partial charge in [-0.3, -0.25) is 9.67 Å². The molecule has 0 bridgehead atoms. The van der Waals surface area contributed by atoms with E-state index in [2.05, 4.69) is 20.9 Å². The topological polar surface area (TPSA) is 80.3 Å². The second kappa shape index (κ2) is 11.9. The van der Waals surface area contributed by atoms with Crippen LogP contribution in [0.25, 0.3) is 0 Å². The predicted molar refractivity (Wildman–Crippen MR) is 113 cm³/mol. The first-order valence-electron chi connectivity index (χ1n) is 9.31. The first-order valence-corrected chi connectivity index (χ1v) is 9.31. The average Bonchev–Trinajstić information content (AvgIpc) is 3.33. The van der Waals surface area contributed by atoms with E-state index in [1.807, 2.05) is 23.0 Å². The standard InChI is InChI=1S/C18H28N6O.HI/c1-2-6-16(7-3-1)22-18(20-11-9-17-8-4-15-25-17)19-10-5-13-24-14-12-21-23-24;/h4,8,12,14-16H,1-3,5-7,9-11,13H2,(H2,19,20,22);1H. The van der Waals surface area contributed by atoms with Crippen LogP contribution in [0, 0.1) is 0 Å². The fourth-order valence-electron chi connectivity index (χ4n) is 3.13. The minimum absolute atomic E-state index is 0. The van der Waals surface area contributed by atoms with E-state index in [9.17, 15) is 0 Å². The lowest BCUT2D eigenvalue weighted by atomic mass is 9.96. The Morgan fingerprint density at radius 2 is 2.19 bits per heavy atom. The molecule has 0 aromatic carbocycles. The second-order valence-corrected chi connectivity index (χ2v) is 6.49. The van der Waals surface area contributed by atoms with Gasteiger partial charge in [-0.05, 0) is 31.4 Å². The highest BCUT2D eigenvalue weighted by atomic mass is 127. The maximum Gasteiger partial charge on any atom is 0.191 e. The minimum atomic E-state index is 0. The summed E-state index contributed by atoms with van der Waals surface area (Å²) < 4.78 is 7.23. The molecule has 2 N–H and O–H groups in total. The number of halogens is 1. The Morgan fingerprint density at radius 1 is 1.31 bits per heavy atom. The first-order chi connectivity index (χ1) is 12.4. The van der Waals surface area contributed by atoms with Crippen LogP contribution in [-0.2, 0) is 13.0 Å². The number of aryl methyl sites for hydroxylation is 1. The van der Waals surface area contributed by atoms with Crippen molar-refractivity contribution in [2.24, 2.45) is 4.99 Å². The van der Waals surface area contributed by atoms with E-state index in [1.54, 1.807) is 12.5 Å². The highest BCUT2D eigenvalue weighted by molar-refractivity contribution is 14.0. The third kappa shape index (κ3) is 7.35. The molecule has 1 aliphatic carbocycles. The number of hydrogen-bond acceptors (Lipinski definition) is 4. The molecule has 2 aromatic rings. The lowest BCUT2D eigenvalue weighted by molar-refractivity contribution is 0.409. The molecule has 0 saturated heterocycles. The number of aliphatic imine (C=N–C) groups is 1. The molecule has 8 heteroatoms. The summed E-state index contributed by atoms with van der Waals surface area (Å²) in [7, 11) is 0. The van der Waals surface area contributed by atoms with Crippen molar-refractivity contribution in [1.29, 1.82) is 0 Å². The fraction of sp³-hybridized carbons (Fsp3) is 0.611. The largest absolute Gasteiger partial charge is 0.469 e. The van der Waals surface area contributed by atoms with Crippen molar-refractivity contribution in [2.45, 2.75) is 57.5 Å². The molecule has 0 aliphatic heterocycles. The Morgan fingerprint density at radius 3 is 2.92 bits per heavy atom. The summed E-state index contributed by atoms with van der Waals surface area (Å²) in [5, 5.41) is 14.8. The monoisotopic (exact) mass is 472 g/mol. The first kappa shape index (κ1) is 20.7. The Balaban J connectivity index is 0.00000243. The van der Waals surface area contributed by atoms with E-state index in [1.165, 1.54) is 32.1 Å². The molecule has 0 radical (unpaired) electrons. The Bertz CT molecular complexity index is 608. The molecule has 2 aromatic heterocycles. The van der Waals surface area contributed by atoms with E-state index in [0.717, 1.165) is 44.2 Å². The number of aromatic nitrogens is 3. The Labute approximate surface area is 172 Å². The van der Waals surface area contributed by atoms with Gasteiger partial charge in [-0.25, -0.2) is 0 Å². The zero-order chi connectivity index (χ0) is 17.2. The second-order valence-electron chi connectivity index (χ2n) is 6.49. The van der Waals surface area contributed by atoms with Gasteiger partial charge in [0.1, 0.15) is 5.76 Å². The van der Waals surface area contributed by atoms with Crippen molar-refractivity contribution in [3.8, 4) is 0 Å². The summed E-state index contributed by atoms with van der Waals surface area (Å²) in [5.41, 5.74) is 0. The number of nitrogens with zero attached hydrogens (tertiary/aromatic N) is 4. The van der Waals surface area contributed by atoms with Crippen LogP contribution in [-0.4, -0.2) is 40.1 Å². The molecule has 26 heavy (non-hydrogen) atoms. The molecular weight excluding hydrogens is 443 g/mol. The van der Waals surface area contributed by atoms with E-state index in [0.29, 0.717) is 6.04 Å². The molecule has 0 unspecified atom stereocenters. The van der Waals surface area contributed by atoms with Crippen LogP contribution in [0.4, 0.5) is 0 Å². The molecule has 1 saturated carbocycles. The molecule has 144 valence electrons. The lowest BCUT2D eigenvalue weighted by Crippen LogP contribution is -2.45. The number of rotatable bonds is 8.